The van der Waals surface area contributed by atoms with Gasteiger partial charge in [-0.2, -0.15) is 0 Å². The van der Waals surface area contributed by atoms with Crippen molar-refractivity contribution in [2.45, 2.75) is 47.0 Å². The monoisotopic (exact) mass is 261 g/mol. The molecule has 1 saturated heterocycles. The molecular formula is C18H31N. The minimum absolute atomic E-state index is 0.941. The van der Waals surface area contributed by atoms with E-state index in [1.807, 2.05) is 18.2 Å². The zero-order valence-corrected chi connectivity index (χ0v) is 13.2. The van der Waals surface area contributed by atoms with Crippen LogP contribution in [0.5, 0.6) is 0 Å². The fourth-order valence-electron chi connectivity index (χ4n) is 2.78. The van der Waals surface area contributed by atoms with Gasteiger partial charge in [0.05, 0.1) is 0 Å². The number of benzene rings is 1. The number of hydrogen-bond acceptors (Lipinski definition) is 1. The van der Waals surface area contributed by atoms with Crippen LogP contribution >= 0.6 is 0 Å². The Kier molecular flexibility index (Phi) is 7.81. The third-order valence-electron chi connectivity index (χ3n) is 4.16. The quantitative estimate of drug-likeness (QED) is 0.755. The highest BCUT2D eigenvalue weighted by atomic mass is 15.1. The summed E-state index contributed by atoms with van der Waals surface area (Å²) in [4.78, 5) is 2.59. The van der Waals surface area contributed by atoms with E-state index >= 15 is 0 Å². The molecule has 0 N–H and O–H groups in total. The van der Waals surface area contributed by atoms with Crippen molar-refractivity contribution in [3.63, 3.8) is 0 Å². The summed E-state index contributed by atoms with van der Waals surface area (Å²) in [5.74, 6) is 1.93. The van der Waals surface area contributed by atoms with Gasteiger partial charge in [0.1, 0.15) is 0 Å². The molecule has 1 heteroatoms. The van der Waals surface area contributed by atoms with Crippen LogP contribution < -0.4 is 0 Å². The first-order valence-corrected chi connectivity index (χ1v) is 7.91. The minimum Gasteiger partial charge on any atom is -0.303 e. The van der Waals surface area contributed by atoms with Gasteiger partial charge in [0, 0.05) is 13.1 Å². The van der Waals surface area contributed by atoms with Crippen molar-refractivity contribution < 1.29 is 0 Å². The first-order chi connectivity index (χ1) is 9.17. The molecule has 1 fully saturated rings. The SMILES string of the molecule is CCCCC1CN(CC)CC1C.Cc1ccccc1. The van der Waals surface area contributed by atoms with E-state index in [-0.39, 0.29) is 0 Å². The molecule has 0 aromatic heterocycles. The van der Waals surface area contributed by atoms with E-state index < -0.39 is 0 Å². The molecule has 2 rings (SSSR count). The summed E-state index contributed by atoms with van der Waals surface area (Å²) in [6, 6.07) is 10.3. The molecule has 0 amide bonds. The molecule has 2 atom stereocenters. The normalized spacial score (nSPS) is 22.9. The molecule has 1 nitrogen and oxygen atoms in total. The summed E-state index contributed by atoms with van der Waals surface area (Å²) in [5.41, 5.74) is 1.32. The maximum absolute atomic E-state index is 2.59. The summed E-state index contributed by atoms with van der Waals surface area (Å²) >= 11 is 0. The van der Waals surface area contributed by atoms with Crippen LogP contribution in [0.15, 0.2) is 30.3 Å². The maximum Gasteiger partial charge on any atom is 0.00127 e. The molecule has 2 unspecified atom stereocenters. The van der Waals surface area contributed by atoms with Gasteiger partial charge in [-0.25, -0.2) is 0 Å². The second kappa shape index (κ2) is 9.14. The summed E-state index contributed by atoms with van der Waals surface area (Å²) in [7, 11) is 0. The van der Waals surface area contributed by atoms with Gasteiger partial charge in [-0.3, -0.25) is 0 Å². The van der Waals surface area contributed by atoms with E-state index in [0.29, 0.717) is 0 Å². The lowest BCUT2D eigenvalue weighted by Gasteiger charge is -2.13. The molecule has 108 valence electrons. The lowest BCUT2D eigenvalue weighted by Crippen LogP contribution is -2.19. The predicted octanol–water partition coefficient (Wildman–Crippen LogP) is 4.76. The lowest BCUT2D eigenvalue weighted by molar-refractivity contribution is 0.336. The molecule has 1 heterocycles. The van der Waals surface area contributed by atoms with E-state index in [0.717, 1.165) is 11.8 Å². The second-order valence-electron chi connectivity index (χ2n) is 5.89. The van der Waals surface area contributed by atoms with Crippen molar-refractivity contribution in [1.82, 2.24) is 4.90 Å². The van der Waals surface area contributed by atoms with E-state index in [1.54, 1.807) is 0 Å². The number of likely N-dealkylation sites (tertiary alicyclic amines) is 1. The average molecular weight is 261 g/mol. The molecule has 0 saturated carbocycles. The largest absolute Gasteiger partial charge is 0.303 e. The molecule has 0 aliphatic carbocycles. The van der Waals surface area contributed by atoms with Crippen LogP contribution in [0, 0.1) is 18.8 Å². The summed E-state index contributed by atoms with van der Waals surface area (Å²) in [6.07, 6.45) is 4.23. The highest BCUT2D eigenvalue weighted by Gasteiger charge is 2.27. The predicted molar refractivity (Wildman–Crippen MR) is 85.5 cm³/mol. The molecule has 19 heavy (non-hydrogen) atoms. The number of aryl methyl sites for hydroxylation is 1. The Morgan fingerprint density at radius 2 is 1.79 bits per heavy atom. The van der Waals surface area contributed by atoms with Gasteiger partial charge in [0.25, 0.3) is 0 Å². The Bertz CT molecular complexity index is 320. The first kappa shape index (κ1) is 16.2. The van der Waals surface area contributed by atoms with Crippen molar-refractivity contribution in [3.05, 3.63) is 35.9 Å². The second-order valence-corrected chi connectivity index (χ2v) is 5.89. The molecule has 0 bridgehead atoms. The van der Waals surface area contributed by atoms with E-state index in [1.165, 1.54) is 44.5 Å². The molecular weight excluding hydrogens is 230 g/mol. The summed E-state index contributed by atoms with van der Waals surface area (Å²) in [5, 5.41) is 0. The zero-order valence-electron chi connectivity index (χ0n) is 13.2. The highest BCUT2D eigenvalue weighted by Crippen LogP contribution is 2.26. The van der Waals surface area contributed by atoms with Crippen LogP contribution in [-0.4, -0.2) is 24.5 Å². The van der Waals surface area contributed by atoms with Crippen molar-refractivity contribution in [1.29, 1.82) is 0 Å². The third kappa shape index (κ3) is 6.24. The van der Waals surface area contributed by atoms with Gasteiger partial charge in [-0.1, -0.05) is 69.5 Å². The molecule has 1 aliphatic heterocycles. The van der Waals surface area contributed by atoms with E-state index in [4.69, 9.17) is 0 Å². The molecule has 0 radical (unpaired) electrons. The van der Waals surface area contributed by atoms with Crippen molar-refractivity contribution in [2.24, 2.45) is 11.8 Å². The van der Waals surface area contributed by atoms with Gasteiger partial charge >= 0.3 is 0 Å². The number of unbranched alkanes of at least 4 members (excludes halogenated alkanes) is 1. The van der Waals surface area contributed by atoms with Gasteiger partial charge in [0.2, 0.25) is 0 Å². The zero-order chi connectivity index (χ0) is 14.1. The Hall–Kier alpha value is -0.820. The van der Waals surface area contributed by atoms with Crippen molar-refractivity contribution in [2.75, 3.05) is 19.6 Å². The number of rotatable bonds is 4. The minimum atomic E-state index is 0.941. The topological polar surface area (TPSA) is 3.24 Å². The molecule has 1 aromatic rings. The van der Waals surface area contributed by atoms with Crippen LogP contribution in [0.25, 0.3) is 0 Å². The standard InChI is InChI=1S/C11H23N.C7H8/c1-4-6-7-11-9-12(5-2)8-10(11)3;1-7-5-3-2-4-6-7/h10-11H,4-9H2,1-3H3;2-6H,1H3. The van der Waals surface area contributed by atoms with Gasteiger partial charge in [-0.05, 0) is 31.7 Å². The van der Waals surface area contributed by atoms with Crippen LogP contribution in [0.1, 0.15) is 45.6 Å². The smallest absolute Gasteiger partial charge is 0.00127 e. The third-order valence-corrected chi connectivity index (χ3v) is 4.16. The Balaban J connectivity index is 0.000000218. The lowest BCUT2D eigenvalue weighted by atomic mass is 9.93. The van der Waals surface area contributed by atoms with E-state index in [2.05, 4.69) is 44.7 Å². The highest BCUT2D eigenvalue weighted by molar-refractivity contribution is 5.11. The van der Waals surface area contributed by atoms with Crippen LogP contribution in [0.2, 0.25) is 0 Å². The fraction of sp³-hybridized carbons (Fsp3) is 0.667. The van der Waals surface area contributed by atoms with E-state index in [9.17, 15) is 0 Å². The Labute approximate surface area is 120 Å². The maximum atomic E-state index is 2.59. The molecule has 1 aromatic carbocycles. The summed E-state index contributed by atoms with van der Waals surface area (Å²) in [6.45, 7) is 13.0. The first-order valence-electron chi connectivity index (χ1n) is 7.91. The van der Waals surface area contributed by atoms with Crippen LogP contribution in [0.4, 0.5) is 0 Å². The Morgan fingerprint density at radius 1 is 1.11 bits per heavy atom. The fourth-order valence-corrected chi connectivity index (χ4v) is 2.78. The van der Waals surface area contributed by atoms with Gasteiger partial charge in [-0.15, -0.1) is 0 Å². The van der Waals surface area contributed by atoms with Crippen molar-refractivity contribution in [3.8, 4) is 0 Å². The molecule has 0 spiro atoms. The molecule has 1 aliphatic rings. The van der Waals surface area contributed by atoms with Gasteiger partial charge in [0.15, 0.2) is 0 Å². The van der Waals surface area contributed by atoms with Gasteiger partial charge < -0.3 is 4.90 Å². The Morgan fingerprint density at radius 3 is 2.21 bits per heavy atom. The van der Waals surface area contributed by atoms with Crippen LogP contribution in [-0.2, 0) is 0 Å². The van der Waals surface area contributed by atoms with Crippen molar-refractivity contribution >= 4 is 0 Å². The average Bonchev–Trinajstić information content (AvgIpc) is 2.79. The van der Waals surface area contributed by atoms with Crippen LogP contribution in [0.3, 0.4) is 0 Å². The summed E-state index contributed by atoms with van der Waals surface area (Å²) < 4.78 is 0. The number of nitrogens with zero attached hydrogens (tertiary/aromatic N) is 1. The number of hydrogen-bond donors (Lipinski definition) is 0.